The predicted octanol–water partition coefficient (Wildman–Crippen LogP) is 3.39. The van der Waals surface area contributed by atoms with Crippen LogP contribution in [0.5, 0.6) is 0 Å². The van der Waals surface area contributed by atoms with E-state index >= 15 is 0 Å². The molecule has 1 N–H and O–H groups in total. The van der Waals surface area contributed by atoms with Gasteiger partial charge >= 0.3 is 0 Å². The molecular formula is C15H20N2OS. The van der Waals surface area contributed by atoms with E-state index in [0.29, 0.717) is 13.0 Å². The average Bonchev–Trinajstić information content (AvgIpc) is 2.68. The van der Waals surface area contributed by atoms with E-state index in [1.54, 1.807) is 11.3 Å². The van der Waals surface area contributed by atoms with E-state index in [9.17, 15) is 4.79 Å². The van der Waals surface area contributed by atoms with Crippen LogP contribution in [0.1, 0.15) is 32.2 Å². The first kappa shape index (κ1) is 14.0. The van der Waals surface area contributed by atoms with Gasteiger partial charge in [0.2, 0.25) is 5.91 Å². The van der Waals surface area contributed by atoms with E-state index in [1.807, 2.05) is 18.2 Å². The van der Waals surface area contributed by atoms with Gasteiger partial charge in [-0.15, -0.1) is 11.3 Å². The molecule has 4 heteroatoms. The van der Waals surface area contributed by atoms with Gasteiger partial charge in [0, 0.05) is 19.4 Å². The largest absolute Gasteiger partial charge is 0.356 e. The number of carbonyl (C=O) groups is 1. The van der Waals surface area contributed by atoms with Crippen LogP contribution in [0.4, 0.5) is 0 Å². The van der Waals surface area contributed by atoms with Crippen molar-refractivity contribution in [2.75, 3.05) is 6.54 Å². The minimum absolute atomic E-state index is 0.0416. The molecule has 102 valence electrons. The molecule has 1 amide bonds. The fourth-order valence-electron chi connectivity index (χ4n) is 1.88. The highest BCUT2D eigenvalue weighted by atomic mass is 32.1. The van der Waals surface area contributed by atoms with Gasteiger partial charge in [-0.05, 0) is 17.5 Å². The van der Waals surface area contributed by atoms with Gasteiger partial charge in [-0.1, -0.05) is 32.9 Å². The summed E-state index contributed by atoms with van der Waals surface area (Å²) in [6.45, 7) is 6.87. The monoisotopic (exact) mass is 276 g/mol. The molecule has 0 unspecified atom stereocenters. The molecule has 0 saturated carbocycles. The van der Waals surface area contributed by atoms with Crippen LogP contribution in [-0.2, 0) is 11.2 Å². The molecular weight excluding hydrogens is 256 g/mol. The summed E-state index contributed by atoms with van der Waals surface area (Å²) >= 11 is 1.70. The first-order valence-corrected chi connectivity index (χ1v) is 7.37. The Morgan fingerprint density at radius 2 is 2.05 bits per heavy atom. The van der Waals surface area contributed by atoms with Gasteiger partial charge in [0.15, 0.2) is 0 Å². The summed E-state index contributed by atoms with van der Waals surface area (Å²) in [5.74, 6) is 0.119. The second kappa shape index (κ2) is 5.70. The van der Waals surface area contributed by atoms with E-state index in [2.05, 4.69) is 37.1 Å². The maximum Gasteiger partial charge on any atom is 0.220 e. The Kier molecular flexibility index (Phi) is 4.20. The zero-order valence-corrected chi connectivity index (χ0v) is 12.5. The quantitative estimate of drug-likeness (QED) is 0.930. The van der Waals surface area contributed by atoms with Gasteiger partial charge in [0.25, 0.3) is 0 Å². The Balaban J connectivity index is 1.84. The molecule has 0 aliphatic carbocycles. The Morgan fingerprint density at radius 1 is 1.32 bits per heavy atom. The summed E-state index contributed by atoms with van der Waals surface area (Å²) in [4.78, 5) is 16.2. The topological polar surface area (TPSA) is 42.0 Å². The molecule has 0 aliphatic rings. The lowest BCUT2D eigenvalue weighted by Gasteiger charge is -2.16. The first-order valence-electron chi connectivity index (χ1n) is 6.55. The fourth-order valence-corrected chi connectivity index (χ4v) is 2.85. The van der Waals surface area contributed by atoms with Crippen molar-refractivity contribution in [3.63, 3.8) is 0 Å². The summed E-state index contributed by atoms with van der Waals surface area (Å²) in [6.07, 6.45) is 1.36. The molecule has 19 heavy (non-hydrogen) atoms. The van der Waals surface area contributed by atoms with Crippen molar-refractivity contribution < 1.29 is 4.79 Å². The maximum absolute atomic E-state index is 11.7. The first-order chi connectivity index (χ1) is 8.94. The van der Waals surface area contributed by atoms with E-state index in [4.69, 9.17) is 0 Å². The van der Waals surface area contributed by atoms with E-state index in [1.165, 1.54) is 4.70 Å². The van der Waals surface area contributed by atoms with Crippen molar-refractivity contribution in [1.29, 1.82) is 0 Å². The zero-order valence-electron chi connectivity index (χ0n) is 11.7. The van der Waals surface area contributed by atoms with Crippen molar-refractivity contribution in [2.24, 2.45) is 5.41 Å². The van der Waals surface area contributed by atoms with Crippen LogP contribution < -0.4 is 5.32 Å². The van der Waals surface area contributed by atoms with E-state index in [-0.39, 0.29) is 11.3 Å². The molecule has 2 aromatic rings. The Morgan fingerprint density at radius 3 is 2.74 bits per heavy atom. The number of benzene rings is 1. The average molecular weight is 276 g/mol. The minimum atomic E-state index is 0.0416. The van der Waals surface area contributed by atoms with Gasteiger partial charge in [0.1, 0.15) is 0 Å². The van der Waals surface area contributed by atoms with Crippen molar-refractivity contribution in [2.45, 2.75) is 33.6 Å². The lowest BCUT2D eigenvalue weighted by molar-refractivity contribution is -0.122. The lowest BCUT2D eigenvalue weighted by Crippen LogP contribution is -2.29. The summed E-state index contributed by atoms with van der Waals surface area (Å²) in [6, 6.07) is 8.12. The van der Waals surface area contributed by atoms with Gasteiger partial charge < -0.3 is 5.32 Å². The number of nitrogens with one attached hydrogen (secondary N) is 1. The number of rotatable bonds is 4. The highest BCUT2D eigenvalue weighted by Crippen LogP contribution is 2.21. The van der Waals surface area contributed by atoms with Crippen molar-refractivity contribution in [1.82, 2.24) is 10.3 Å². The van der Waals surface area contributed by atoms with Crippen LogP contribution in [0.3, 0.4) is 0 Å². The smallest absolute Gasteiger partial charge is 0.220 e. The summed E-state index contributed by atoms with van der Waals surface area (Å²) < 4.78 is 1.21. The molecule has 1 aromatic carbocycles. The second-order valence-corrected chi connectivity index (χ2v) is 7.03. The van der Waals surface area contributed by atoms with Gasteiger partial charge in [-0.3, -0.25) is 4.79 Å². The number of fused-ring (bicyclic) bond motifs is 1. The van der Waals surface area contributed by atoms with Gasteiger partial charge in [-0.2, -0.15) is 0 Å². The molecule has 0 atom stereocenters. The van der Waals surface area contributed by atoms with Gasteiger partial charge in [-0.25, -0.2) is 4.98 Å². The third-order valence-corrected chi connectivity index (χ3v) is 3.79. The molecule has 0 fully saturated rings. The molecule has 0 bridgehead atoms. The Labute approximate surface area is 118 Å². The summed E-state index contributed by atoms with van der Waals surface area (Å²) in [5.41, 5.74) is 1.09. The van der Waals surface area contributed by atoms with Crippen molar-refractivity contribution in [3.8, 4) is 0 Å². The SMILES string of the molecule is CC(C)(C)CC(=O)NCCc1nc2ccccc2s1. The van der Waals surface area contributed by atoms with Crippen LogP contribution in [0.15, 0.2) is 24.3 Å². The van der Waals surface area contributed by atoms with E-state index in [0.717, 1.165) is 16.9 Å². The number of hydrogen-bond donors (Lipinski definition) is 1. The normalized spacial score (nSPS) is 11.7. The van der Waals surface area contributed by atoms with Gasteiger partial charge in [0.05, 0.1) is 15.2 Å². The summed E-state index contributed by atoms with van der Waals surface area (Å²) in [7, 11) is 0. The molecule has 0 spiro atoms. The highest BCUT2D eigenvalue weighted by molar-refractivity contribution is 7.18. The number of aromatic nitrogens is 1. The Bertz CT molecular complexity index is 536. The van der Waals surface area contributed by atoms with Crippen LogP contribution in [0.2, 0.25) is 0 Å². The number of para-hydroxylation sites is 1. The third-order valence-electron chi connectivity index (χ3n) is 2.69. The van der Waals surface area contributed by atoms with Crippen LogP contribution in [-0.4, -0.2) is 17.4 Å². The third kappa shape index (κ3) is 4.31. The molecule has 1 aromatic heterocycles. The van der Waals surface area contributed by atoms with Crippen LogP contribution in [0, 0.1) is 5.41 Å². The molecule has 2 rings (SSSR count). The molecule has 3 nitrogen and oxygen atoms in total. The standard InChI is InChI=1S/C15H20N2OS/c1-15(2,3)10-13(18)16-9-8-14-17-11-6-4-5-7-12(11)19-14/h4-7H,8-10H2,1-3H3,(H,16,18). The number of amides is 1. The highest BCUT2D eigenvalue weighted by Gasteiger charge is 2.15. The predicted molar refractivity (Wildman–Crippen MR) is 80.4 cm³/mol. The van der Waals surface area contributed by atoms with Crippen molar-refractivity contribution >= 4 is 27.5 Å². The number of hydrogen-bond acceptors (Lipinski definition) is 3. The molecule has 0 saturated heterocycles. The zero-order chi connectivity index (χ0) is 13.9. The molecule has 1 heterocycles. The fraction of sp³-hybridized carbons (Fsp3) is 0.467. The van der Waals surface area contributed by atoms with Crippen LogP contribution in [0.25, 0.3) is 10.2 Å². The van der Waals surface area contributed by atoms with E-state index < -0.39 is 0 Å². The number of thiazole rings is 1. The molecule has 0 radical (unpaired) electrons. The lowest BCUT2D eigenvalue weighted by atomic mass is 9.92. The maximum atomic E-state index is 11.7. The molecule has 0 aliphatic heterocycles. The Hall–Kier alpha value is -1.42. The second-order valence-electron chi connectivity index (χ2n) is 5.91. The number of nitrogens with zero attached hydrogens (tertiary/aromatic N) is 1. The summed E-state index contributed by atoms with van der Waals surface area (Å²) in [5, 5.41) is 4.04. The van der Waals surface area contributed by atoms with Crippen molar-refractivity contribution in [3.05, 3.63) is 29.3 Å². The minimum Gasteiger partial charge on any atom is -0.356 e. The van der Waals surface area contributed by atoms with Crippen LogP contribution >= 0.6 is 11.3 Å². The number of carbonyl (C=O) groups excluding carboxylic acids is 1.